The first kappa shape index (κ1) is 18.2. The van der Waals surface area contributed by atoms with E-state index in [9.17, 15) is 9.90 Å². The molecule has 4 N–H and O–H groups in total. The Morgan fingerprint density at radius 1 is 1.11 bits per heavy atom. The smallest absolute Gasteiger partial charge is 0.251 e. The highest BCUT2D eigenvalue weighted by Crippen LogP contribution is 2.23. The van der Waals surface area contributed by atoms with E-state index in [-0.39, 0.29) is 12.0 Å². The topological polar surface area (TPSA) is 104 Å². The lowest BCUT2D eigenvalue weighted by molar-refractivity contribution is 0.0963. The van der Waals surface area contributed by atoms with Crippen LogP contribution in [0.4, 0.5) is 17.5 Å². The third-order valence-electron chi connectivity index (χ3n) is 5.04. The molecule has 0 saturated heterocycles. The highest BCUT2D eigenvalue weighted by Gasteiger charge is 2.20. The highest BCUT2D eigenvalue weighted by atomic mass is 16.3. The van der Waals surface area contributed by atoms with Gasteiger partial charge in [0.1, 0.15) is 5.82 Å². The minimum absolute atomic E-state index is 0.122. The van der Waals surface area contributed by atoms with Gasteiger partial charge >= 0.3 is 0 Å². The molecule has 1 saturated carbocycles. The molecule has 0 spiro atoms. The Bertz CT molecular complexity index is 960. The average molecular weight is 380 g/mol. The van der Waals surface area contributed by atoms with Gasteiger partial charge in [-0.3, -0.25) is 4.79 Å². The van der Waals surface area contributed by atoms with Gasteiger partial charge in [-0.05, 0) is 62.1 Å². The zero-order valence-electron chi connectivity index (χ0n) is 15.7. The molecule has 1 aromatic carbocycles. The number of carbonyl (C=O) groups excluding carboxylic acids is 1. The molecular formula is C20H24N6O2. The van der Waals surface area contributed by atoms with Crippen molar-refractivity contribution >= 4 is 29.0 Å². The quantitative estimate of drug-likeness (QED) is 0.542. The molecule has 0 radical (unpaired) electrons. The van der Waals surface area contributed by atoms with Gasteiger partial charge in [0.2, 0.25) is 5.95 Å². The minimum atomic E-state index is -0.175. The van der Waals surface area contributed by atoms with Crippen LogP contribution in [0.1, 0.15) is 36.0 Å². The second kappa shape index (κ2) is 7.85. The normalized spacial score (nSPS) is 19.4. The van der Waals surface area contributed by atoms with Crippen molar-refractivity contribution < 1.29 is 9.90 Å². The molecule has 1 aliphatic carbocycles. The molecule has 1 amide bonds. The zero-order valence-corrected chi connectivity index (χ0v) is 15.7. The van der Waals surface area contributed by atoms with E-state index in [4.69, 9.17) is 0 Å². The summed E-state index contributed by atoms with van der Waals surface area (Å²) in [6.45, 7) is 0. The highest BCUT2D eigenvalue weighted by molar-refractivity contribution is 5.94. The van der Waals surface area contributed by atoms with Gasteiger partial charge in [-0.1, -0.05) is 6.07 Å². The molecule has 0 atom stereocenters. The first-order valence-electron chi connectivity index (χ1n) is 9.52. The second-order valence-electron chi connectivity index (χ2n) is 7.05. The van der Waals surface area contributed by atoms with Crippen molar-refractivity contribution in [3.8, 4) is 0 Å². The number of aliphatic hydroxyl groups is 1. The monoisotopic (exact) mass is 380 g/mol. The van der Waals surface area contributed by atoms with Crippen molar-refractivity contribution in [2.75, 3.05) is 17.7 Å². The standard InChI is InChI=1S/C20H24N6O2/c1-21-19(28)13-5-7-15(8-6-13)23-20-24-18-4-2-3-17(26(18)25-20)22-14-9-11-16(27)12-10-14/h2-8,14,16,22,27H,9-12H2,1H3,(H,21,28)(H,23,25)/t14-,16+. The fourth-order valence-corrected chi connectivity index (χ4v) is 3.48. The summed E-state index contributed by atoms with van der Waals surface area (Å²) in [7, 11) is 1.61. The first-order valence-corrected chi connectivity index (χ1v) is 9.52. The van der Waals surface area contributed by atoms with E-state index in [1.165, 1.54) is 0 Å². The number of rotatable bonds is 5. The van der Waals surface area contributed by atoms with Crippen molar-refractivity contribution in [1.29, 1.82) is 0 Å². The lowest BCUT2D eigenvalue weighted by atomic mass is 9.93. The van der Waals surface area contributed by atoms with Crippen molar-refractivity contribution in [2.24, 2.45) is 0 Å². The van der Waals surface area contributed by atoms with E-state index >= 15 is 0 Å². The Hall–Kier alpha value is -3.13. The van der Waals surface area contributed by atoms with Crippen molar-refractivity contribution in [3.05, 3.63) is 48.0 Å². The van der Waals surface area contributed by atoms with Crippen LogP contribution in [0.5, 0.6) is 0 Å². The van der Waals surface area contributed by atoms with Gasteiger partial charge in [0.05, 0.1) is 6.10 Å². The molecule has 8 nitrogen and oxygen atoms in total. The number of nitrogens with one attached hydrogen (secondary N) is 3. The lowest BCUT2D eigenvalue weighted by Gasteiger charge is -2.26. The fourth-order valence-electron chi connectivity index (χ4n) is 3.48. The third kappa shape index (κ3) is 3.91. The van der Waals surface area contributed by atoms with E-state index in [1.807, 2.05) is 30.3 Å². The zero-order chi connectivity index (χ0) is 19.5. The SMILES string of the molecule is CNC(=O)c1ccc(Nc2nc3cccc(N[C@H]4CC[C@@H](O)CC4)n3n2)cc1. The van der Waals surface area contributed by atoms with Gasteiger partial charge in [0.25, 0.3) is 5.91 Å². The van der Waals surface area contributed by atoms with Crippen LogP contribution in [0, 0.1) is 0 Å². The van der Waals surface area contributed by atoms with Gasteiger partial charge in [-0.2, -0.15) is 9.50 Å². The number of benzene rings is 1. The van der Waals surface area contributed by atoms with Crippen LogP contribution in [-0.2, 0) is 0 Å². The summed E-state index contributed by atoms with van der Waals surface area (Å²) < 4.78 is 1.78. The van der Waals surface area contributed by atoms with Crippen LogP contribution >= 0.6 is 0 Å². The maximum Gasteiger partial charge on any atom is 0.251 e. The molecule has 0 unspecified atom stereocenters. The summed E-state index contributed by atoms with van der Waals surface area (Å²) in [4.78, 5) is 16.2. The van der Waals surface area contributed by atoms with Crippen LogP contribution in [0.3, 0.4) is 0 Å². The van der Waals surface area contributed by atoms with Crippen LogP contribution in [-0.4, -0.2) is 44.8 Å². The van der Waals surface area contributed by atoms with E-state index in [0.29, 0.717) is 17.6 Å². The Morgan fingerprint density at radius 2 is 1.86 bits per heavy atom. The summed E-state index contributed by atoms with van der Waals surface area (Å²) >= 11 is 0. The number of hydrogen-bond donors (Lipinski definition) is 4. The molecule has 28 heavy (non-hydrogen) atoms. The van der Waals surface area contributed by atoms with Crippen molar-refractivity contribution in [1.82, 2.24) is 19.9 Å². The van der Waals surface area contributed by atoms with Crippen LogP contribution in [0.15, 0.2) is 42.5 Å². The second-order valence-corrected chi connectivity index (χ2v) is 7.05. The first-order chi connectivity index (χ1) is 13.6. The third-order valence-corrected chi connectivity index (χ3v) is 5.04. The number of aromatic nitrogens is 3. The molecule has 2 aromatic heterocycles. The maximum atomic E-state index is 11.6. The van der Waals surface area contributed by atoms with Gasteiger partial charge in [-0.15, -0.1) is 5.10 Å². The molecule has 8 heteroatoms. The van der Waals surface area contributed by atoms with Crippen LogP contribution in [0.2, 0.25) is 0 Å². The fraction of sp³-hybridized carbons (Fsp3) is 0.350. The van der Waals surface area contributed by atoms with Gasteiger partial charge in [0, 0.05) is 24.3 Å². The largest absolute Gasteiger partial charge is 0.393 e. The molecular weight excluding hydrogens is 356 g/mol. The number of nitrogens with zero attached hydrogens (tertiary/aromatic N) is 3. The number of aliphatic hydroxyl groups excluding tert-OH is 1. The minimum Gasteiger partial charge on any atom is -0.393 e. The predicted octanol–water partition coefficient (Wildman–Crippen LogP) is 2.55. The lowest BCUT2D eigenvalue weighted by Crippen LogP contribution is -2.29. The molecule has 4 rings (SSSR count). The summed E-state index contributed by atoms with van der Waals surface area (Å²) in [5, 5.41) is 23.6. The predicted molar refractivity (Wildman–Crippen MR) is 108 cm³/mol. The number of carbonyl (C=O) groups is 1. The molecule has 1 fully saturated rings. The molecule has 146 valence electrons. The number of amides is 1. The van der Waals surface area contributed by atoms with E-state index < -0.39 is 0 Å². The van der Waals surface area contributed by atoms with Crippen LogP contribution in [0.25, 0.3) is 5.65 Å². The number of pyridine rings is 1. The van der Waals surface area contributed by atoms with E-state index in [1.54, 1.807) is 23.7 Å². The van der Waals surface area contributed by atoms with E-state index in [2.05, 4.69) is 26.0 Å². The molecule has 1 aliphatic rings. The van der Waals surface area contributed by atoms with Gasteiger partial charge in [-0.25, -0.2) is 0 Å². The Labute approximate surface area is 163 Å². The summed E-state index contributed by atoms with van der Waals surface area (Å²) in [6.07, 6.45) is 3.35. The molecule has 2 heterocycles. The Morgan fingerprint density at radius 3 is 2.57 bits per heavy atom. The van der Waals surface area contributed by atoms with Crippen molar-refractivity contribution in [2.45, 2.75) is 37.8 Å². The number of fused-ring (bicyclic) bond motifs is 1. The average Bonchev–Trinajstić information content (AvgIpc) is 3.13. The molecule has 0 bridgehead atoms. The van der Waals surface area contributed by atoms with E-state index in [0.717, 1.165) is 42.8 Å². The van der Waals surface area contributed by atoms with Crippen LogP contribution < -0.4 is 16.0 Å². The molecule has 3 aromatic rings. The summed E-state index contributed by atoms with van der Waals surface area (Å²) in [5.74, 6) is 1.25. The Kier molecular flexibility index (Phi) is 5.12. The number of anilines is 3. The van der Waals surface area contributed by atoms with Crippen molar-refractivity contribution in [3.63, 3.8) is 0 Å². The summed E-state index contributed by atoms with van der Waals surface area (Å²) in [6, 6.07) is 13.3. The van der Waals surface area contributed by atoms with Gasteiger partial charge in [0.15, 0.2) is 5.65 Å². The summed E-state index contributed by atoms with van der Waals surface area (Å²) in [5.41, 5.74) is 2.14. The van der Waals surface area contributed by atoms with Gasteiger partial charge < -0.3 is 21.1 Å². The Balaban J connectivity index is 1.50. The maximum absolute atomic E-state index is 11.6. The molecule has 0 aliphatic heterocycles. The number of hydrogen-bond acceptors (Lipinski definition) is 6.